The lowest BCUT2D eigenvalue weighted by atomic mass is 10.2. The Bertz CT molecular complexity index is 848. The number of benzene rings is 2. The Morgan fingerprint density at radius 1 is 0.920 bits per heavy atom. The van der Waals surface area contributed by atoms with Gasteiger partial charge >= 0.3 is 5.97 Å². The van der Waals surface area contributed by atoms with E-state index in [2.05, 4.69) is 4.99 Å². The Labute approximate surface area is 145 Å². The molecule has 1 aliphatic rings. The van der Waals surface area contributed by atoms with Crippen molar-refractivity contribution in [1.29, 1.82) is 0 Å². The van der Waals surface area contributed by atoms with Gasteiger partial charge in [0.25, 0.3) is 0 Å². The van der Waals surface area contributed by atoms with Crippen LogP contribution >= 0.6 is 0 Å². The summed E-state index contributed by atoms with van der Waals surface area (Å²) in [6.45, 7) is 0. The minimum atomic E-state index is -0.514. The third kappa shape index (κ3) is 3.63. The fraction of sp³-hybridized carbons (Fsp3) is 0.158. The van der Waals surface area contributed by atoms with Crippen molar-refractivity contribution < 1.29 is 23.7 Å². The summed E-state index contributed by atoms with van der Waals surface area (Å²) in [5, 5.41) is 0. The normalized spacial score (nSPS) is 14.9. The number of nitrogens with zero attached hydrogens (tertiary/aromatic N) is 1. The van der Waals surface area contributed by atoms with Gasteiger partial charge in [-0.15, -0.1) is 0 Å². The Kier molecular flexibility index (Phi) is 4.70. The largest absolute Gasteiger partial charge is 0.497 e. The SMILES string of the molecule is COc1cccc(/C=C2/N=C(c3cc(OC)cc(OC)c3)OC2=O)c1. The first-order valence-corrected chi connectivity index (χ1v) is 7.53. The van der Waals surface area contributed by atoms with Gasteiger partial charge in [0.2, 0.25) is 5.90 Å². The van der Waals surface area contributed by atoms with Crippen molar-refractivity contribution in [2.45, 2.75) is 0 Å². The van der Waals surface area contributed by atoms with Crippen LogP contribution in [-0.4, -0.2) is 33.2 Å². The topological polar surface area (TPSA) is 66.3 Å². The third-order valence-corrected chi connectivity index (χ3v) is 3.62. The molecule has 0 unspecified atom stereocenters. The Morgan fingerprint density at radius 3 is 2.24 bits per heavy atom. The highest BCUT2D eigenvalue weighted by Gasteiger charge is 2.25. The first-order chi connectivity index (χ1) is 12.1. The fourth-order valence-corrected chi connectivity index (χ4v) is 2.35. The quantitative estimate of drug-likeness (QED) is 0.619. The molecule has 1 heterocycles. The molecule has 0 saturated heterocycles. The van der Waals surface area contributed by atoms with Crippen molar-refractivity contribution in [1.82, 2.24) is 0 Å². The lowest BCUT2D eigenvalue weighted by Crippen LogP contribution is -2.06. The van der Waals surface area contributed by atoms with E-state index in [-0.39, 0.29) is 11.6 Å². The van der Waals surface area contributed by atoms with Crippen LogP contribution in [0.1, 0.15) is 11.1 Å². The number of ether oxygens (including phenoxy) is 4. The molecule has 0 aliphatic carbocycles. The van der Waals surface area contributed by atoms with Crippen LogP contribution in [-0.2, 0) is 9.53 Å². The molecule has 6 nitrogen and oxygen atoms in total. The lowest BCUT2D eigenvalue weighted by Gasteiger charge is -2.07. The molecule has 128 valence electrons. The summed E-state index contributed by atoms with van der Waals surface area (Å²) in [6, 6.07) is 12.5. The van der Waals surface area contributed by atoms with Crippen LogP contribution in [0.5, 0.6) is 17.2 Å². The molecule has 25 heavy (non-hydrogen) atoms. The molecule has 2 aromatic carbocycles. The maximum atomic E-state index is 12.1. The smallest absolute Gasteiger partial charge is 0.363 e. The van der Waals surface area contributed by atoms with E-state index in [1.807, 2.05) is 24.3 Å². The molecule has 1 aliphatic heterocycles. The van der Waals surface area contributed by atoms with Gasteiger partial charge in [-0.25, -0.2) is 9.79 Å². The van der Waals surface area contributed by atoms with Gasteiger partial charge in [0, 0.05) is 11.6 Å². The molecule has 0 aromatic heterocycles. The van der Waals surface area contributed by atoms with Crippen LogP contribution in [0.4, 0.5) is 0 Å². The van der Waals surface area contributed by atoms with Gasteiger partial charge in [0.15, 0.2) is 5.70 Å². The Balaban J connectivity index is 1.96. The molecule has 2 aromatic rings. The summed E-state index contributed by atoms with van der Waals surface area (Å²) in [7, 11) is 4.69. The van der Waals surface area contributed by atoms with Crippen molar-refractivity contribution in [3.05, 3.63) is 59.3 Å². The van der Waals surface area contributed by atoms with Crippen LogP contribution < -0.4 is 14.2 Å². The maximum Gasteiger partial charge on any atom is 0.363 e. The standard InChI is InChI=1S/C19H17NO5/c1-22-14-6-4-5-12(7-14)8-17-19(21)25-18(20-17)13-9-15(23-2)11-16(10-13)24-3/h4-11H,1-3H3/b17-8+. The van der Waals surface area contributed by atoms with E-state index in [9.17, 15) is 4.79 Å². The first-order valence-electron chi connectivity index (χ1n) is 7.53. The molecule has 0 fully saturated rings. The van der Waals surface area contributed by atoms with E-state index in [0.717, 1.165) is 5.56 Å². The van der Waals surface area contributed by atoms with Gasteiger partial charge in [-0.1, -0.05) is 12.1 Å². The zero-order valence-corrected chi connectivity index (χ0v) is 14.1. The summed E-state index contributed by atoms with van der Waals surface area (Å²) in [5.41, 5.74) is 1.60. The summed E-state index contributed by atoms with van der Waals surface area (Å²) in [5.74, 6) is 1.55. The second kappa shape index (κ2) is 7.09. The predicted octanol–water partition coefficient (Wildman–Crippen LogP) is 3.06. The van der Waals surface area contributed by atoms with Gasteiger partial charge in [-0.2, -0.15) is 0 Å². The lowest BCUT2D eigenvalue weighted by molar-refractivity contribution is -0.129. The van der Waals surface area contributed by atoms with Crippen LogP contribution in [0, 0.1) is 0 Å². The van der Waals surface area contributed by atoms with E-state index in [4.69, 9.17) is 18.9 Å². The van der Waals surface area contributed by atoms with E-state index in [1.54, 1.807) is 45.6 Å². The number of rotatable bonds is 5. The number of carbonyl (C=O) groups excluding carboxylic acids is 1. The van der Waals surface area contributed by atoms with Gasteiger partial charge in [-0.05, 0) is 35.9 Å². The minimum absolute atomic E-state index is 0.205. The summed E-state index contributed by atoms with van der Waals surface area (Å²) >= 11 is 0. The molecule has 0 spiro atoms. The first kappa shape index (κ1) is 16.6. The molecule has 3 rings (SSSR count). The molecule has 0 saturated carbocycles. The highest BCUT2D eigenvalue weighted by Crippen LogP contribution is 2.26. The number of methoxy groups -OCH3 is 3. The number of cyclic esters (lactones) is 1. The van der Waals surface area contributed by atoms with Gasteiger partial charge in [-0.3, -0.25) is 0 Å². The second-order valence-corrected chi connectivity index (χ2v) is 5.21. The maximum absolute atomic E-state index is 12.1. The van der Waals surface area contributed by atoms with Crippen LogP contribution in [0.25, 0.3) is 6.08 Å². The van der Waals surface area contributed by atoms with Crippen molar-refractivity contribution in [2.75, 3.05) is 21.3 Å². The van der Waals surface area contributed by atoms with Crippen molar-refractivity contribution >= 4 is 17.9 Å². The van der Waals surface area contributed by atoms with Gasteiger partial charge in [0.1, 0.15) is 17.2 Å². The van der Waals surface area contributed by atoms with Crippen LogP contribution in [0.2, 0.25) is 0 Å². The number of carbonyl (C=O) groups is 1. The molecule has 0 radical (unpaired) electrons. The highest BCUT2D eigenvalue weighted by atomic mass is 16.6. The minimum Gasteiger partial charge on any atom is -0.497 e. The van der Waals surface area contributed by atoms with Gasteiger partial charge in [0.05, 0.1) is 21.3 Å². The highest BCUT2D eigenvalue weighted by molar-refractivity contribution is 6.13. The average molecular weight is 339 g/mol. The van der Waals surface area contributed by atoms with Crippen LogP contribution in [0.3, 0.4) is 0 Å². The van der Waals surface area contributed by atoms with Crippen molar-refractivity contribution in [2.24, 2.45) is 4.99 Å². The van der Waals surface area contributed by atoms with E-state index < -0.39 is 5.97 Å². The second-order valence-electron chi connectivity index (χ2n) is 5.21. The Morgan fingerprint density at radius 2 is 1.60 bits per heavy atom. The van der Waals surface area contributed by atoms with Gasteiger partial charge < -0.3 is 18.9 Å². The molecule has 0 atom stereocenters. The number of aliphatic imine (C=N–C) groups is 1. The van der Waals surface area contributed by atoms with E-state index >= 15 is 0 Å². The summed E-state index contributed by atoms with van der Waals surface area (Å²) < 4.78 is 20.9. The van der Waals surface area contributed by atoms with Crippen LogP contribution in [0.15, 0.2) is 53.2 Å². The predicted molar refractivity (Wildman–Crippen MR) is 93.1 cm³/mol. The van der Waals surface area contributed by atoms with Crippen molar-refractivity contribution in [3.8, 4) is 17.2 Å². The molecule has 6 heteroatoms. The summed E-state index contributed by atoms with van der Waals surface area (Å²) in [6.07, 6.45) is 1.65. The number of hydrogen-bond donors (Lipinski definition) is 0. The molecule has 0 bridgehead atoms. The average Bonchev–Trinajstić information content (AvgIpc) is 3.02. The number of esters is 1. The Hall–Kier alpha value is -3.28. The summed E-state index contributed by atoms with van der Waals surface area (Å²) in [4.78, 5) is 16.4. The third-order valence-electron chi connectivity index (χ3n) is 3.62. The fourth-order valence-electron chi connectivity index (χ4n) is 2.35. The zero-order chi connectivity index (χ0) is 17.8. The van der Waals surface area contributed by atoms with E-state index in [0.29, 0.717) is 22.8 Å². The monoisotopic (exact) mass is 339 g/mol. The van der Waals surface area contributed by atoms with Crippen molar-refractivity contribution in [3.63, 3.8) is 0 Å². The zero-order valence-electron chi connectivity index (χ0n) is 14.1. The molecular formula is C19H17NO5. The molecule has 0 N–H and O–H groups in total. The van der Waals surface area contributed by atoms with E-state index in [1.165, 1.54) is 0 Å². The number of hydrogen-bond acceptors (Lipinski definition) is 6. The molecule has 0 amide bonds. The molecular weight excluding hydrogens is 322 g/mol.